The van der Waals surface area contributed by atoms with E-state index in [-0.39, 0.29) is 0 Å². The van der Waals surface area contributed by atoms with E-state index < -0.39 is 0 Å². The Morgan fingerprint density at radius 2 is 1.45 bits per heavy atom. The Morgan fingerprint density at radius 3 is 1.55 bits per heavy atom. The highest BCUT2D eigenvalue weighted by molar-refractivity contribution is 4.41. The average Bonchev–Trinajstić information content (AvgIpc) is 1.87. The van der Waals surface area contributed by atoms with Gasteiger partial charge in [-0.3, -0.25) is 0 Å². The molecule has 0 saturated heterocycles. The SMILES string of the molecule is CC(C)CC[N+](C)(C)C.C[O-]. The number of rotatable bonds is 3. The first-order chi connectivity index (χ1) is 4.92. The highest BCUT2D eigenvalue weighted by Crippen LogP contribution is 2.02. The van der Waals surface area contributed by atoms with E-state index in [0.717, 1.165) is 17.5 Å². The molecule has 0 unspecified atom stereocenters. The van der Waals surface area contributed by atoms with Crippen LogP contribution in [0.4, 0.5) is 0 Å². The fraction of sp³-hybridized carbons (Fsp3) is 1.00. The molecule has 0 aromatic rings. The van der Waals surface area contributed by atoms with Crippen LogP contribution in [0.15, 0.2) is 0 Å². The van der Waals surface area contributed by atoms with Gasteiger partial charge < -0.3 is 9.59 Å². The lowest BCUT2D eigenvalue weighted by atomic mass is 10.1. The first-order valence-electron chi connectivity index (χ1n) is 4.13. The molecule has 0 aliphatic heterocycles. The Kier molecular flexibility index (Phi) is 8.13. The van der Waals surface area contributed by atoms with Gasteiger partial charge in [0.05, 0.1) is 27.7 Å². The van der Waals surface area contributed by atoms with Gasteiger partial charge in [0.1, 0.15) is 0 Å². The van der Waals surface area contributed by atoms with Gasteiger partial charge in [0, 0.05) is 0 Å². The van der Waals surface area contributed by atoms with Crippen molar-refractivity contribution in [2.75, 3.05) is 34.8 Å². The summed E-state index contributed by atoms with van der Waals surface area (Å²) in [6.07, 6.45) is 1.34. The van der Waals surface area contributed by atoms with Crippen LogP contribution in [0.5, 0.6) is 0 Å². The molecule has 0 aliphatic carbocycles. The standard InChI is InChI=1S/C8H20N.CH3O/c1-8(2)6-7-9(3,4)5;1-2/h8H,6-7H2,1-5H3;1H3/q+1;-1. The van der Waals surface area contributed by atoms with Gasteiger partial charge in [-0.1, -0.05) is 13.8 Å². The van der Waals surface area contributed by atoms with Crippen LogP contribution in [0.2, 0.25) is 0 Å². The second-order valence-electron chi connectivity index (χ2n) is 4.20. The van der Waals surface area contributed by atoms with Gasteiger partial charge in [-0.2, -0.15) is 7.11 Å². The quantitative estimate of drug-likeness (QED) is 0.559. The van der Waals surface area contributed by atoms with Crippen LogP contribution >= 0.6 is 0 Å². The van der Waals surface area contributed by atoms with Crippen LogP contribution in [0.3, 0.4) is 0 Å². The van der Waals surface area contributed by atoms with Crippen LogP contribution in [-0.2, 0) is 0 Å². The molecule has 0 rings (SSSR count). The van der Waals surface area contributed by atoms with Crippen molar-refractivity contribution in [3.05, 3.63) is 0 Å². The smallest absolute Gasteiger partial charge is 0.0782 e. The predicted molar refractivity (Wildman–Crippen MR) is 48.3 cm³/mol. The summed E-state index contributed by atoms with van der Waals surface area (Å²) in [5, 5.41) is 8.25. The maximum absolute atomic E-state index is 8.25. The van der Waals surface area contributed by atoms with Gasteiger partial charge in [0.25, 0.3) is 0 Å². The molecule has 0 radical (unpaired) electrons. The molecule has 0 bridgehead atoms. The van der Waals surface area contributed by atoms with Crippen LogP contribution in [0.25, 0.3) is 0 Å². The van der Waals surface area contributed by atoms with Gasteiger partial charge in [0.2, 0.25) is 0 Å². The summed E-state index contributed by atoms with van der Waals surface area (Å²) in [4.78, 5) is 0. The van der Waals surface area contributed by atoms with E-state index in [9.17, 15) is 0 Å². The van der Waals surface area contributed by atoms with Gasteiger partial charge in [-0.15, -0.1) is 0 Å². The fourth-order valence-electron chi connectivity index (χ4n) is 0.645. The van der Waals surface area contributed by atoms with Gasteiger partial charge in [-0.25, -0.2) is 0 Å². The predicted octanol–water partition coefficient (Wildman–Crippen LogP) is 0.715. The number of quaternary nitrogens is 1. The molecule has 0 atom stereocenters. The van der Waals surface area contributed by atoms with Crippen LogP contribution in [-0.4, -0.2) is 39.3 Å². The zero-order valence-electron chi connectivity index (χ0n) is 8.85. The largest absolute Gasteiger partial charge is 0.857 e. The normalized spacial score (nSPS) is 10.9. The zero-order chi connectivity index (χ0) is 9.49. The highest BCUT2D eigenvalue weighted by atomic mass is 16.2. The molecule has 0 spiro atoms. The second-order valence-corrected chi connectivity index (χ2v) is 4.20. The molecule has 0 aliphatic rings. The molecule has 11 heavy (non-hydrogen) atoms. The minimum atomic E-state index is 0.750. The maximum atomic E-state index is 8.25. The van der Waals surface area contributed by atoms with E-state index in [4.69, 9.17) is 5.11 Å². The molecule has 2 nitrogen and oxygen atoms in total. The minimum absolute atomic E-state index is 0.750. The van der Waals surface area contributed by atoms with E-state index in [1.165, 1.54) is 13.0 Å². The molecular weight excluding hydrogens is 138 g/mol. The Balaban J connectivity index is 0. The first kappa shape index (κ1) is 13.5. The molecule has 0 fully saturated rings. The van der Waals surface area contributed by atoms with Crippen molar-refractivity contribution < 1.29 is 9.59 Å². The molecule has 0 N–H and O–H groups in total. The van der Waals surface area contributed by atoms with E-state index in [2.05, 4.69) is 35.0 Å². The summed E-state index contributed by atoms with van der Waals surface area (Å²) in [5.74, 6) is 0.849. The summed E-state index contributed by atoms with van der Waals surface area (Å²) in [5.41, 5.74) is 0. The second kappa shape index (κ2) is 6.62. The van der Waals surface area contributed by atoms with E-state index in [0.29, 0.717) is 0 Å². The average molecular weight is 161 g/mol. The molecule has 0 amide bonds. The van der Waals surface area contributed by atoms with Crippen molar-refractivity contribution in [1.29, 1.82) is 0 Å². The lowest BCUT2D eigenvalue weighted by molar-refractivity contribution is -0.870. The third kappa shape index (κ3) is 17.8. The monoisotopic (exact) mass is 161 g/mol. The van der Waals surface area contributed by atoms with Crippen LogP contribution < -0.4 is 5.11 Å². The summed E-state index contributed by atoms with van der Waals surface area (Å²) >= 11 is 0. The molecule has 2 heteroatoms. The lowest BCUT2D eigenvalue weighted by Crippen LogP contribution is -2.35. The Bertz CT molecular complexity index is 74.1. The molecule has 0 heterocycles. The van der Waals surface area contributed by atoms with Gasteiger partial charge in [-0.05, 0) is 12.3 Å². The summed E-state index contributed by atoms with van der Waals surface area (Å²) in [7, 11) is 7.47. The molecule has 0 saturated carbocycles. The van der Waals surface area contributed by atoms with Crippen molar-refractivity contribution in [3.63, 3.8) is 0 Å². The minimum Gasteiger partial charge on any atom is -0.857 e. The maximum Gasteiger partial charge on any atom is 0.0782 e. The van der Waals surface area contributed by atoms with E-state index in [1.807, 2.05) is 0 Å². The van der Waals surface area contributed by atoms with Crippen LogP contribution in [0, 0.1) is 5.92 Å². The number of nitrogens with zero attached hydrogens (tertiary/aromatic N) is 1. The van der Waals surface area contributed by atoms with E-state index in [1.54, 1.807) is 0 Å². The number of hydrogen-bond donors (Lipinski definition) is 0. The molecule has 70 valence electrons. The third-order valence-electron chi connectivity index (χ3n) is 1.38. The van der Waals surface area contributed by atoms with Crippen molar-refractivity contribution in [1.82, 2.24) is 0 Å². The molecular formula is C9H23NO. The third-order valence-corrected chi connectivity index (χ3v) is 1.38. The molecule has 0 aromatic heterocycles. The lowest BCUT2D eigenvalue weighted by Gasteiger charge is -2.24. The fourth-order valence-corrected chi connectivity index (χ4v) is 0.645. The Morgan fingerprint density at radius 1 is 1.09 bits per heavy atom. The van der Waals surface area contributed by atoms with Crippen LogP contribution in [0.1, 0.15) is 20.3 Å². The van der Waals surface area contributed by atoms with Gasteiger partial charge in [0.15, 0.2) is 0 Å². The van der Waals surface area contributed by atoms with Crippen molar-refractivity contribution in [2.24, 2.45) is 5.92 Å². The zero-order valence-corrected chi connectivity index (χ0v) is 8.85. The van der Waals surface area contributed by atoms with Crippen molar-refractivity contribution in [2.45, 2.75) is 20.3 Å². The summed E-state index contributed by atoms with van der Waals surface area (Å²) in [6.45, 7) is 5.84. The number of hydrogen-bond acceptors (Lipinski definition) is 1. The molecule has 0 aromatic carbocycles. The summed E-state index contributed by atoms with van der Waals surface area (Å²) in [6, 6.07) is 0. The summed E-state index contributed by atoms with van der Waals surface area (Å²) < 4.78 is 1.10. The van der Waals surface area contributed by atoms with E-state index >= 15 is 0 Å². The van der Waals surface area contributed by atoms with Crippen molar-refractivity contribution in [3.8, 4) is 0 Å². The van der Waals surface area contributed by atoms with Gasteiger partial charge >= 0.3 is 0 Å². The van der Waals surface area contributed by atoms with Crippen molar-refractivity contribution >= 4 is 0 Å². The first-order valence-corrected chi connectivity index (χ1v) is 4.13. The highest BCUT2D eigenvalue weighted by Gasteiger charge is 2.06. The Labute approximate surface area is 71.4 Å². The Hall–Kier alpha value is -0.0800. The topological polar surface area (TPSA) is 23.1 Å².